The van der Waals surface area contributed by atoms with Crippen LogP contribution in [0.1, 0.15) is 89.1 Å². The first kappa shape index (κ1) is 29.2. The van der Waals surface area contributed by atoms with Crippen molar-refractivity contribution >= 4 is 28.6 Å². The Balaban J connectivity index is 1.23. The molecule has 0 unspecified atom stereocenters. The number of hydrogen-bond acceptors (Lipinski definition) is 6. The fourth-order valence-electron chi connectivity index (χ4n) is 11.7. The zero-order chi connectivity index (χ0) is 32.0. The molecule has 1 aromatic heterocycles. The van der Waals surface area contributed by atoms with E-state index in [4.69, 9.17) is 21.1 Å². The molecular weight excluding hydrogens is 590 g/mol. The summed E-state index contributed by atoms with van der Waals surface area (Å²) in [7, 11) is 0. The molecule has 11 atom stereocenters. The van der Waals surface area contributed by atoms with Gasteiger partial charge in [0.25, 0.3) is 0 Å². The maximum atomic E-state index is 13.0. The van der Waals surface area contributed by atoms with Gasteiger partial charge in [-0.15, -0.1) is 0 Å². The molecule has 2 aliphatic heterocycles. The minimum absolute atomic E-state index is 0.151. The van der Waals surface area contributed by atoms with Crippen LogP contribution in [0.5, 0.6) is 0 Å². The average molecular weight is 634 g/mol. The maximum absolute atomic E-state index is 13.0. The third kappa shape index (κ3) is 2.91. The summed E-state index contributed by atoms with van der Waals surface area (Å²) in [6.45, 7) is 18.2. The van der Waals surface area contributed by atoms with Crippen LogP contribution in [0.2, 0.25) is 5.02 Å². The van der Waals surface area contributed by atoms with Gasteiger partial charge >= 0.3 is 0 Å². The molecule has 0 radical (unpaired) electrons. The first-order valence-electron chi connectivity index (χ1n) is 16.6. The molecule has 3 heterocycles. The normalized spacial score (nSPS) is 47.3. The molecule has 1 spiro atoms. The van der Waals surface area contributed by atoms with Gasteiger partial charge in [0.1, 0.15) is 29.5 Å². The van der Waals surface area contributed by atoms with Gasteiger partial charge in [-0.3, -0.25) is 0 Å². The van der Waals surface area contributed by atoms with Gasteiger partial charge in [-0.2, -0.15) is 0 Å². The summed E-state index contributed by atoms with van der Waals surface area (Å²) in [5, 5.41) is 49.7. The Labute approximate surface area is 269 Å². The fourth-order valence-corrected chi connectivity index (χ4v) is 12.0. The van der Waals surface area contributed by atoms with Gasteiger partial charge in [0.2, 0.25) is 0 Å². The molecule has 5 aliphatic carbocycles. The number of allylic oxidation sites excluding steroid dienone is 1. The van der Waals surface area contributed by atoms with E-state index < -0.39 is 51.5 Å². The van der Waals surface area contributed by atoms with Crippen molar-refractivity contribution in [1.29, 1.82) is 0 Å². The lowest BCUT2D eigenvalue weighted by Gasteiger charge is -2.65. The molecule has 1 aromatic carbocycles. The smallest absolute Gasteiger partial charge is 0.153 e. The summed E-state index contributed by atoms with van der Waals surface area (Å²) >= 11 is 7.00. The van der Waals surface area contributed by atoms with Crippen molar-refractivity contribution in [2.24, 2.45) is 17.3 Å². The number of aliphatic hydroxyl groups is 4. The molecule has 0 amide bonds. The van der Waals surface area contributed by atoms with E-state index in [1.54, 1.807) is 13.8 Å². The molecule has 240 valence electrons. The maximum Gasteiger partial charge on any atom is 0.153 e. The molecule has 0 bridgehead atoms. The van der Waals surface area contributed by atoms with Crippen LogP contribution in [0.4, 0.5) is 0 Å². The summed E-state index contributed by atoms with van der Waals surface area (Å²) in [4.78, 5) is 3.78. The van der Waals surface area contributed by atoms with Crippen molar-refractivity contribution in [2.45, 2.75) is 125 Å². The van der Waals surface area contributed by atoms with E-state index in [2.05, 4.69) is 38.1 Å². The van der Waals surface area contributed by atoms with Crippen molar-refractivity contribution in [2.75, 3.05) is 0 Å². The highest BCUT2D eigenvalue weighted by atomic mass is 35.5. The Morgan fingerprint density at radius 2 is 1.93 bits per heavy atom. The predicted molar refractivity (Wildman–Crippen MR) is 172 cm³/mol. The highest BCUT2D eigenvalue weighted by Gasteiger charge is 2.85. The molecule has 8 heteroatoms. The molecule has 2 aromatic rings. The number of epoxide rings is 1. The summed E-state index contributed by atoms with van der Waals surface area (Å²) in [5.74, 6) is -0.520. The van der Waals surface area contributed by atoms with Crippen LogP contribution in [0.25, 0.3) is 17.0 Å². The minimum Gasteiger partial charge on any atom is -0.390 e. The second-order valence-electron chi connectivity index (χ2n) is 16.4. The average Bonchev–Trinajstić information content (AvgIpc) is 3.53. The second-order valence-corrected chi connectivity index (χ2v) is 16.8. The molecule has 7 nitrogen and oxygen atoms in total. The Morgan fingerprint density at radius 3 is 2.62 bits per heavy atom. The Bertz CT molecular complexity index is 1800. The van der Waals surface area contributed by atoms with Gasteiger partial charge in [-0.05, 0) is 89.0 Å². The lowest BCUT2D eigenvalue weighted by molar-refractivity contribution is -0.249. The summed E-state index contributed by atoms with van der Waals surface area (Å²) in [5.41, 5.74) is 1.75. The zero-order valence-electron chi connectivity index (χ0n) is 26.8. The number of H-pyrrole nitrogens is 1. The lowest BCUT2D eigenvalue weighted by Crippen LogP contribution is -2.75. The third-order valence-corrected chi connectivity index (χ3v) is 14.6. The third-order valence-electron chi connectivity index (χ3n) is 14.2. The van der Waals surface area contributed by atoms with E-state index in [1.165, 1.54) is 5.57 Å². The first-order valence-corrected chi connectivity index (χ1v) is 16.9. The quantitative estimate of drug-likeness (QED) is 0.225. The van der Waals surface area contributed by atoms with E-state index in [-0.39, 0.29) is 17.9 Å². The van der Waals surface area contributed by atoms with Crippen LogP contribution in [0.15, 0.2) is 35.9 Å². The van der Waals surface area contributed by atoms with Gasteiger partial charge in [0, 0.05) is 49.8 Å². The Hall–Kier alpha value is -1.97. The van der Waals surface area contributed by atoms with Crippen LogP contribution < -0.4 is 0 Å². The molecule has 9 rings (SSSR count). The predicted octanol–water partition coefficient (Wildman–Crippen LogP) is 5.35. The Morgan fingerprint density at radius 1 is 1.20 bits per heavy atom. The van der Waals surface area contributed by atoms with Crippen molar-refractivity contribution < 1.29 is 29.9 Å². The Kier molecular flexibility index (Phi) is 5.30. The number of ether oxygens (including phenoxy) is 2. The van der Waals surface area contributed by atoms with Crippen molar-refractivity contribution in [3.05, 3.63) is 63.4 Å². The number of fused-ring (bicyclic) bond motifs is 11. The highest BCUT2D eigenvalue weighted by molar-refractivity contribution is 6.32. The fraction of sp³-hybridized carbons (Fsp3) is 0.622. The molecular formula is C37H44ClNO6. The van der Waals surface area contributed by atoms with E-state index in [1.807, 2.05) is 13.0 Å². The number of aromatic amines is 1. The largest absolute Gasteiger partial charge is 0.390 e. The van der Waals surface area contributed by atoms with Crippen molar-refractivity contribution in [3.8, 4) is 0 Å². The molecule has 2 saturated heterocycles. The number of benzene rings is 1. The molecule has 45 heavy (non-hydrogen) atoms. The standard InChI is InChI=1S/C37H44ClNO6/c1-16(2)29-28(40)31-37(45-31)25(44-29)9-10-33(6)34(7)18(8-11-35(33,37)42)13-20-26-23(39-30(20)34)15-22(38)19-12-17(3)21-14-24(32(4,5)41)36(21,43)27(19)26/h13,15,21,24-25,28-29,31,39-43H,1,3,8-12,14H2,2,4-7H3/t21-,24-,25+,28+,29-,31-,33-,34-,35+,36-,37+/m1/s1. The summed E-state index contributed by atoms with van der Waals surface area (Å²) in [6.07, 6.45) is 3.90. The molecule has 3 saturated carbocycles. The number of halogens is 1. The van der Waals surface area contributed by atoms with E-state index in [0.717, 1.165) is 44.4 Å². The van der Waals surface area contributed by atoms with E-state index in [9.17, 15) is 20.4 Å². The van der Waals surface area contributed by atoms with E-state index >= 15 is 0 Å². The SMILES string of the molecule is C=C(C)[C@H]1O[C@H]2CC[C@@]3(C)[C@@](O)(CCC4=Cc5c([nH]c6cc(Cl)c7c(c56)[C@@]5(O)[C@H](C[C@@H]5C(C)(C)O)C(=C)C7)[C@@]43C)[C@]23O[C@@H]3[C@H]1O. The molecule has 5 fully saturated rings. The first-order chi connectivity index (χ1) is 21.0. The number of aliphatic hydroxyl groups excluding tert-OH is 1. The second kappa shape index (κ2) is 8.18. The highest BCUT2D eigenvalue weighted by Crippen LogP contribution is 2.75. The topological polar surface area (TPSA) is 118 Å². The van der Waals surface area contributed by atoms with Crippen LogP contribution in [-0.4, -0.2) is 66.6 Å². The molecule has 7 aliphatic rings. The van der Waals surface area contributed by atoms with Gasteiger partial charge in [0.05, 0.1) is 11.7 Å². The summed E-state index contributed by atoms with van der Waals surface area (Å²) < 4.78 is 12.9. The van der Waals surface area contributed by atoms with E-state index in [0.29, 0.717) is 43.5 Å². The van der Waals surface area contributed by atoms with Crippen molar-refractivity contribution in [3.63, 3.8) is 0 Å². The van der Waals surface area contributed by atoms with Crippen LogP contribution in [0, 0.1) is 17.3 Å². The van der Waals surface area contributed by atoms with Crippen LogP contribution in [0.3, 0.4) is 0 Å². The van der Waals surface area contributed by atoms with Gasteiger partial charge in [-0.25, -0.2) is 0 Å². The number of rotatable bonds is 2. The van der Waals surface area contributed by atoms with Crippen LogP contribution in [-0.2, 0) is 26.9 Å². The number of hydrogen-bond donors (Lipinski definition) is 5. The number of aromatic nitrogens is 1. The summed E-state index contributed by atoms with van der Waals surface area (Å²) in [6, 6.07) is 1.97. The monoisotopic (exact) mass is 633 g/mol. The zero-order valence-corrected chi connectivity index (χ0v) is 27.5. The lowest BCUT2D eigenvalue weighted by atomic mass is 9.41. The molecule has 5 N–H and O–H groups in total. The number of nitrogens with one attached hydrogen (secondary N) is 1. The minimum atomic E-state index is -1.29. The van der Waals surface area contributed by atoms with Crippen molar-refractivity contribution in [1.82, 2.24) is 4.98 Å². The van der Waals surface area contributed by atoms with Gasteiger partial charge in [0.15, 0.2) is 5.60 Å². The van der Waals surface area contributed by atoms with Gasteiger partial charge in [-0.1, -0.05) is 48.9 Å². The van der Waals surface area contributed by atoms with Gasteiger partial charge < -0.3 is 34.9 Å². The van der Waals surface area contributed by atoms with Crippen LogP contribution >= 0.6 is 11.6 Å².